The molecular weight excluding hydrogens is 250 g/mol. The van der Waals surface area contributed by atoms with Gasteiger partial charge in [0.25, 0.3) is 5.91 Å². The first kappa shape index (κ1) is 10.7. The highest BCUT2D eigenvalue weighted by molar-refractivity contribution is 7.12. The van der Waals surface area contributed by atoms with Crippen LogP contribution in [0.15, 0.2) is 29.8 Å². The SMILES string of the molecule is NC(=O)c1cc(-c2ccn3nc(N)nc3c2)cs1. The highest BCUT2D eigenvalue weighted by atomic mass is 32.1. The predicted molar refractivity (Wildman–Crippen MR) is 69.2 cm³/mol. The molecule has 3 heterocycles. The van der Waals surface area contributed by atoms with Crippen molar-refractivity contribution in [1.29, 1.82) is 0 Å². The summed E-state index contributed by atoms with van der Waals surface area (Å²) in [5, 5.41) is 5.87. The van der Waals surface area contributed by atoms with Gasteiger partial charge in [-0.1, -0.05) is 0 Å². The van der Waals surface area contributed by atoms with Crippen LogP contribution in [-0.2, 0) is 0 Å². The number of anilines is 1. The van der Waals surface area contributed by atoms with Crippen LogP contribution in [0.1, 0.15) is 9.67 Å². The van der Waals surface area contributed by atoms with Crippen LogP contribution in [0.3, 0.4) is 0 Å². The Morgan fingerprint density at radius 1 is 1.33 bits per heavy atom. The van der Waals surface area contributed by atoms with Gasteiger partial charge in [-0.05, 0) is 34.7 Å². The lowest BCUT2D eigenvalue weighted by atomic mass is 10.1. The van der Waals surface area contributed by atoms with Gasteiger partial charge in [0.15, 0.2) is 5.65 Å². The van der Waals surface area contributed by atoms with Crippen molar-refractivity contribution in [3.05, 3.63) is 34.7 Å². The Hall–Kier alpha value is -2.41. The third-order valence-corrected chi connectivity index (χ3v) is 3.47. The predicted octanol–water partition coefficient (Wildman–Crippen LogP) is 1.14. The Balaban J connectivity index is 2.09. The molecule has 0 unspecified atom stereocenters. The molecule has 90 valence electrons. The highest BCUT2D eigenvalue weighted by Gasteiger charge is 2.08. The number of nitrogen functional groups attached to an aromatic ring is 1. The number of hydrogen-bond acceptors (Lipinski definition) is 5. The Morgan fingerprint density at radius 2 is 2.17 bits per heavy atom. The molecular formula is C11H9N5OS. The maximum Gasteiger partial charge on any atom is 0.258 e. The topological polar surface area (TPSA) is 99.3 Å². The Labute approximate surface area is 106 Å². The molecule has 0 aliphatic carbocycles. The fourth-order valence-electron chi connectivity index (χ4n) is 1.70. The molecule has 0 aliphatic heterocycles. The molecule has 6 nitrogen and oxygen atoms in total. The van der Waals surface area contributed by atoms with Gasteiger partial charge in [-0.2, -0.15) is 4.98 Å². The van der Waals surface area contributed by atoms with Crippen LogP contribution >= 0.6 is 11.3 Å². The van der Waals surface area contributed by atoms with Crippen molar-refractivity contribution in [3.63, 3.8) is 0 Å². The maximum atomic E-state index is 11.1. The van der Waals surface area contributed by atoms with Crippen molar-refractivity contribution in [2.45, 2.75) is 0 Å². The molecule has 3 rings (SSSR count). The number of fused-ring (bicyclic) bond motifs is 1. The summed E-state index contributed by atoms with van der Waals surface area (Å²) in [5.74, 6) is -0.186. The van der Waals surface area contributed by atoms with Gasteiger partial charge in [0.2, 0.25) is 5.95 Å². The molecule has 4 N–H and O–H groups in total. The molecule has 7 heteroatoms. The number of nitrogens with zero attached hydrogens (tertiary/aromatic N) is 3. The van der Waals surface area contributed by atoms with Gasteiger partial charge in [-0.25, -0.2) is 4.52 Å². The second kappa shape index (κ2) is 3.81. The van der Waals surface area contributed by atoms with E-state index in [1.165, 1.54) is 11.3 Å². The largest absolute Gasteiger partial charge is 0.366 e. The van der Waals surface area contributed by atoms with E-state index in [1.807, 2.05) is 17.5 Å². The third-order valence-electron chi connectivity index (χ3n) is 2.53. The fraction of sp³-hybridized carbons (Fsp3) is 0. The van der Waals surface area contributed by atoms with Gasteiger partial charge in [0, 0.05) is 6.20 Å². The van der Waals surface area contributed by atoms with Gasteiger partial charge in [-0.3, -0.25) is 4.79 Å². The average molecular weight is 259 g/mol. The summed E-state index contributed by atoms with van der Waals surface area (Å²) in [6.45, 7) is 0. The van der Waals surface area contributed by atoms with E-state index < -0.39 is 5.91 Å². The number of aromatic nitrogens is 3. The quantitative estimate of drug-likeness (QED) is 0.720. The Kier molecular flexibility index (Phi) is 2.27. The average Bonchev–Trinajstić information content (AvgIpc) is 2.91. The minimum atomic E-state index is -0.418. The first-order chi connectivity index (χ1) is 8.63. The van der Waals surface area contributed by atoms with Crippen LogP contribution in [0.25, 0.3) is 16.8 Å². The van der Waals surface area contributed by atoms with Gasteiger partial charge < -0.3 is 11.5 Å². The molecule has 1 amide bonds. The molecule has 3 aromatic heterocycles. The van der Waals surface area contributed by atoms with Gasteiger partial charge in [-0.15, -0.1) is 16.4 Å². The molecule has 0 aliphatic rings. The number of nitrogens with two attached hydrogens (primary N) is 2. The number of amides is 1. The molecule has 18 heavy (non-hydrogen) atoms. The van der Waals surface area contributed by atoms with E-state index >= 15 is 0 Å². The van der Waals surface area contributed by atoms with Crippen molar-refractivity contribution < 1.29 is 4.79 Å². The van der Waals surface area contributed by atoms with Crippen LogP contribution in [0.5, 0.6) is 0 Å². The lowest BCUT2D eigenvalue weighted by molar-refractivity contribution is 0.100. The lowest BCUT2D eigenvalue weighted by Gasteiger charge is -1.97. The Morgan fingerprint density at radius 3 is 2.89 bits per heavy atom. The molecule has 3 aromatic rings. The van der Waals surface area contributed by atoms with E-state index in [1.54, 1.807) is 16.8 Å². The van der Waals surface area contributed by atoms with Crippen LogP contribution in [0.2, 0.25) is 0 Å². The van der Waals surface area contributed by atoms with Crippen molar-refractivity contribution in [1.82, 2.24) is 14.6 Å². The molecule has 0 aromatic carbocycles. The van der Waals surface area contributed by atoms with Crippen LogP contribution in [-0.4, -0.2) is 20.5 Å². The van der Waals surface area contributed by atoms with Crippen LogP contribution in [0, 0.1) is 0 Å². The van der Waals surface area contributed by atoms with E-state index in [9.17, 15) is 4.79 Å². The van der Waals surface area contributed by atoms with Crippen molar-refractivity contribution in [2.24, 2.45) is 5.73 Å². The van der Waals surface area contributed by atoms with Crippen LogP contribution < -0.4 is 11.5 Å². The fourth-order valence-corrected chi connectivity index (χ4v) is 2.46. The zero-order valence-corrected chi connectivity index (χ0v) is 10.0. The summed E-state index contributed by atoms with van der Waals surface area (Å²) in [7, 11) is 0. The van der Waals surface area contributed by atoms with Gasteiger partial charge in [0.1, 0.15) is 0 Å². The first-order valence-corrected chi connectivity index (χ1v) is 6.02. The summed E-state index contributed by atoms with van der Waals surface area (Å²) in [6, 6.07) is 5.50. The smallest absolute Gasteiger partial charge is 0.258 e. The Bertz CT molecular complexity index is 745. The summed E-state index contributed by atoms with van der Waals surface area (Å²) in [5.41, 5.74) is 13.3. The zero-order valence-electron chi connectivity index (χ0n) is 9.20. The normalized spacial score (nSPS) is 10.9. The third kappa shape index (κ3) is 1.70. The first-order valence-electron chi connectivity index (χ1n) is 5.14. The number of carbonyl (C=O) groups excluding carboxylic acids is 1. The van der Waals surface area contributed by atoms with Crippen molar-refractivity contribution in [3.8, 4) is 11.1 Å². The molecule has 0 bridgehead atoms. The molecule has 0 saturated heterocycles. The van der Waals surface area contributed by atoms with Crippen molar-refractivity contribution >= 4 is 28.8 Å². The maximum absolute atomic E-state index is 11.1. The standard InChI is InChI=1S/C11H9N5OS/c12-10(17)8-3-7(5-18-8)6-1-2-16-9(4-6)14-11(13)15-16/h1-5H,(H2,12,17)(H2,13,15). The second-order valence-corrected chi connectivity index (χ2v) is 4.66. The summed E-state index contributed by atoms with van der Waals surface area (Å²) in [4.78, 5) is 15.7. The monoisotopic (exact) mass is 259 g/mol. The second-order valence-electron chi connectivity index (χ2n) is 3.75. The number of pyridine rings is 1. The number of thiophene rings is 1. The summed E-state index contributed by atoms with van der Waals surface area (Å²) >= 11 is 1.32. The number of hydrogen-bond donors (Lipinski definition) is 2. The number of primary amides is 1. The minimum Gasteiger partial charge on any atom is -0.366 e. The van der Waals surface area contributed by atoms with E-state index in [0.29, 0.717) is 10.5 Å². The zero-order chi connectivity index (χ0) is 12.7. The molecule has 0 spiro atoms. The number of carbonyl (C=O) groups is 1. The molecule has 0 saturated carbocycles. The summed E-state index contributed by atoms with van der Waals surface area (Å²) < 4.78 is 1.60. The number of rotatable bonds is 2. The van der Waals surface area contributed by atoms with E-state index in [-0.39, 0.29) is 5.95 Å². The molecule has 0 fully saturated rings. The van der Waals surface area contributed by atoms with Gasteiger partial charge in [0.05, 0.1) is 4.88 Å². The van der Waals surface area contributed by atoms with Crippen LogP contribution in [0.4, 0.5) is 5.95 Å². The highest BCUT2D eigenvalue weighted by Crippen LogP contribution is 2.26. The molecule has 0 radical (unpaired) electrons. The summed E-state index contributed by atoms with van der Waals surface area (Å²) in [6.07, 6.45) is 1.77. The lowest BCUT2D eigenvalue weighted by Crippen LogP contribution is -2.08. The molecule has 0 atom stereocenters. The van der Waals surface area contributed by atoms with E-state index in [0.717, 1.165) is 11.1 Å². The van der Waals surface area contributed by atoms with E-state index in [4.69, 9.17) is 11.5 Å². The van der Waals surface area contributed by atoms with Gasteiger partial charge >= 0.3 is 0 Å². The minimum absolute atomic E-state index is 0.232. The van der Waals surface area contributed by atoms with Crippen molar-refractivity contribution in [2.75, 3.05) is 5.73 Å². The van der Waals surface area contributed by atoms with E-state index in [2.05, 4.69) is 10.1 Å².